The van der Waals surface area contributed by atoms with Crippen LogP contribution in [0.3, 0.4) is 0 Å². The van der Waals surface area contributed by atoms with Gasteiger partial charge in [-0.3, -0.25) is 4.79 Å². The molecule has 5 nitrogen and oxygen atoms in total. The Morgan fingerprint density at radius 1 is 1.16 bits per heavy atom. The van der Waals surface area contributed by atoms with Crippen molar-refractivity contribution < 1.29 is 23.5 Å². The number of para-hydroxylation sites is 1. The molecule has 1 atom stereocenters. The normalized spacial score (nSPS) is 11.5. The number of amides is 1. The van der Waals surface area contributed by atoms with Gasteiger partial charge in [-0.05, 0) is 44.5 Å². The minimum atomic E-state index is -1.07. The minimum Gasteiger partial charge on any atom is -0.482 e. The van der Waals surface area contributed by atoms with E-state index in [1.807, 2.05) is 26.0 Å². The van der Waals surface area contributed by atoms with Gasteiger partial charge in [0, 0.05) is 0 Å². The summed E-state index contributed by atoms with van der Waals surface area (Å²) in [6.07, 6.45) is -1.07. The fraction of sp³-hybridized carbons (Fsp3) is 0.263. The molecular formula is C19H20FNO4. The number of ether oxygens (including phenoxy) is 2. The second-order valence-electron chi connectivity index (χ2n) is 5.66. The third-order valence-corrected chi connectivity index (χ3v) is 3.49. The Balaban J connectivity index is 1.85. The predicted octanol–water partition coefficient (Wildman–Crippen LogP) is 3.39. The zero-order chi connectivity index (χ0) is 18.4. The van der Waals surface area contributed by atoms with Crippen LogP contribution in [0.4, 0.5) is 10.1 Å². The predicted molar refractivity (Wildman–Crippen MR) is 92.0 cm³/mol. The number of halogens is 1. The van der Waals surface area contributed by atoms with Crippen LogP contribution in [-0.2, 0) is 14.3 Å². The first-order chi connectivity index (χ1) is 11.9. The SMILES string of the molecule is Cc1ccc(OCC(=O)O[C@H](C)C(=O)Nc2ccccc2F)c(C)c1. The van der Waals surface area contributed by atoms with E-state index in [1.165, 1.54) is 25.1 Å². The number of nitrogens with one attached hydrogen (secondary N) is 1. The van der Waals surface area contributed by atoms with Gasteiger partial charge in [-0.1, -0.05) is 29.8 Å². The molecule has 0 saturated heterocycles. The molecule has 0 unspecified atom stereocenters. The highest BCUT2D eigenvalue weighted by atomic mass is 19.1. The molecule has 0 fully saturated rings. The van der Waals surface area contributed by atoms with Gasteiger partial charge in [0.15, 0.2) is 12.7 Å². The summed E-state index contributed by atoms with van der Waals surface area (Å²) in [7, 11) is 0. The highest BCUT2D eigenvalue weighted by molar-refractivity contribution is 5.95. The number of hydrogen-bond donors (Lipinski definition) is 1. The largest absolute Gasteiger partial charge is 0.482 e. The van der Waals surface area contributed by atoms with E-state index < -0.39 is 23.8 Å². The molecule has 2 aromatic carbocycles. The summed E-state index contributed by atoms with van der Waals surface area (Å²) in [5, 5.41) is 2.37. The Hall–Kier alpha value is -2.89. The van der Waals surface area contributed by atoms with Crippen molar-refractivity contribution in [2.75, 3.05) is 11.9 Å². The Morgan fingerprint density at radius 2 is 1.88 bits per heavy atom. The van der Waals surface area contributed by atoms with E-state index in [4.69, 9.17) is 9.47 Å². The molecule has 6 heteroatoms. The summed E-state index contributed by atoms with van der Waals surface area (Å²) in [4.78, 5) is 23.8. The lowest BCUT2D eigenvalue weighted by Gasteiger charge is -2.14. The van der Waals surface area contributed by atoms with Crippen LogP contribution in [0.5, 0.6) is 5.75 Å². The summed E-state index contributed by atoms with van der Waals surface area (Å²) in [5.74, 6) is -1.29. The van der Waals surface area contributed by atoms with Crippen LogP contribution in [0.15, 0.2) is 42.5 Å². The molecule has 2 aromatic rings. The number of carbonyl (C=O) groups excluding carboxylic acids is 2. The molecule has 0 aliphatic rings. The Labute approximate surface area is 145 Å². The first-order valence-corrected chi connectivity index (χ1v) is 7.81. The average Bonchev–Trinajstić information content (AvgIpc) is 2.56. The molecule has 132 valence electrons. The van der Waals surface area contributed by atoms with Gasteiger partial charge in [-0.25, -0.2) is 9.18 Å². The van der Waals surface area contributed by atoms with Crippen molar-refractivity contribution in [1.82, 2.24) is 0 Å². The van der Waals surface area contributed by atoms with Gasteiger partial charge in [-0.15, -0.1) is 0 Å². The summed E-state index contributed by atoms with van der Waals surface area (Å²) in [6, 6.07) is 11.3. The van der Waals surface area contributed by atoms with Crippen molar-refractivity contribution in [1.29, 1.82) is 0 Å². The number of esters is 1. The van der Waals surface area contributed by atoms with Gasteiger partial charge in [-0.2, -0.15) is 0 Å². The first kappa shape index (κ1) is 18.4. The van der Waals surface area contributed by atoms with E-state index in [-0.39, 0.29) is 12.3 Å². The van der Waals surface area contributed by atoms with E-state index >= 15 is 0 Å². The first-order valence-electron chi connectivity index (χ1n) is 7.81. The van der Waals surface area contributed by atoms with Gasteiger partial charge < -0.3 is 14.8 Å². The standard InChI is InChI=1S/C19H20FNO4/c1-12-8-9-17(13(2)10-12)24-11-18(22)25-14(3)19(23)21-16-7-5-4-6-15(16)20/h4-10,14H,11H2,1-3H3,(H,21,23)/t14-/m1/s1. The summed E-state index contributed by atoms with van der Waals surface area (Å²) in [6.45, 7) is 4.92. The van der Waals surface area contributed by atoms with Gasteiger partial charge in [0.05, 0.1) is 5.69 Å². The van der Waals surface area contributed by atoms with Crippen LogP contribution < -0.4 is 10.1 Å². The maximum absolute atomic E-state index is 13.5. The van der Waals surface area contributed by atoms with Crippen molar-refractivity contribution in [3.8, 4) is 5.75 Å². The molecule has 0 aliphatic carbocycles. The summed E-state index contributed by atoms with van der Waals surface area (Å²) in [5.41, 5.74) is 2.02. The average molecular weight is 345 g/mol. The highest BCUT2D eigenvalue weighted by Gasteiger charge is 2.19. The lowest BCUT2D eigenvalue weighted by Crippen LogP contribution is -2.32. The van der Waals surface area contributed by atoms with Crippen molar-refractivity contribution in [3.05, 3.63) is 59.4 Å². The number of aryl methyl sites for hydroxylation is 2. The summed E-state index contributed by atoms with van der Waals surface area (Å²) < 4.78 is 23.9. The van der Waals surface area contributed by atoms with Crippen LogP contribution in [0.2, 0.25) is 0 Å². The molecule has 0 heterocycles. The van der Waals surface area contributed by atoms with Crippen LogP contribution in [0, 0.1) is 19.7 Å². The quantitative estimate of drug-likeness (QED) is 0.815. The number of anilines is 1. The topological polar surface area (TPSA) is 64.6 Å². The van der Waals surface area contributed by atoms with Gasteiger partial charge in [0.25, 0.3) is 5.91 Å². The molecule has 1 N–H and O–H groups in total. The Kier molecular flexibility index (Phi) is 6.11. The second-order valence-corrected chi connectivity index (χ2v) is 5.66. The van der Waals surface area contributed by atoms with E-state index in [2.05, 4.69) is 5.32 Å². The molecule has 25 heavy (non-hydrogen) atoms. The van der Waals surface area contributed by atoms with Gasteiger partial charge >= 0.3 is 5.97 Å². The molecular weight excluding hydrogens is 325 g/mol. The fourth-order valence-corrected chi connectivity index (χ4v) is 2.18. The monoisotopic (exact) mass is 345 g/mol. The van der Waals surface area contributed by atoms with Gasteiger partial charge in [0.1, 0.15) is 11.6 Å². The van der Waals surface area contributed by atoms with E-state index in [1.54, 1.807) is 12.1 Å². The zero-order valence-electron chi connectivity index (χ0n) is 14.3. The molecule has 0 radical (unpaired) electrons. The van der Waals surface area contributed by atoms with Crippen LogP contribution in [0.1, 0.15) is 18.1 Å². The van der Waals surface area contributed by atoms with Crippen molar-refractivity contribution in [3.63, 3.8) is 0 Å². The molecule has 0 aromatic heterocycles. The molecule has 0 spiro atoms. The number of hydrogen-bond acceptors (Lipinski definition) is 4. The number of rotatable bonds is 6. The molecule has 1 amide bonds. The molecule has 2 rings (SSSR count). The van der Waals surface area contributed by atoms with Crippen LogP contribution in [-0.4, -0.2) is 24.6 Å². The van der Waals surface area contributed by atoms with Crippen LogP contribution in [0.25, 0.3) is 0 Å². The smallest absolute Gasteiger partial charge is 0.344 e. The Morgan fingerprint density at radius 3 is 2.56 bits per heavy atom. The summed E-state index contributed by atoms with van der Waals surface area (Å²) >= 11 is 0. The van der Waals surface area contributed by atoms with Crippen molar-refractivity contribution in [2.24, 2.45) is 0 Å². The maximum Gasteiger partial charge on any atom is 0.344 e. The van der Waals surface area contributed by atoms with E-state index in [0.29, 0.717) is 5.75 Å². The lowest BCUT2D eigenvalue weighted by molar-refractivity contribution is -0.155. The van der Waals surface area contributed by atoms with Crippen molar-refractivity contribution >= 4 is 17.6 Å². The van der Waals surface area contributed by atoms with Gasteiger partial charge in [0.2, 0.25) is 0 Å². The Bertz CT molecular complexity index is 776. The maximum atomic E-state index is 13.5. The molecule has 0 aliphatic heterocycles. The lowest BCUT2D eigenvalue weighted by atomic mass is 10.1. The number of carbonyl (C=O) groups is 2. The number of benzene rings is 2. The minimum absolute atomic E-state index is 0.0296. The fourth-order valence-electron chi connectivity index (χ4n) is 2.18. The second kappa shape index (κ2) is 8.28. The van der Waals surface area contributed by atoms with E-state index in [0.717, 1.165) is 11.1 Å². The molecule has 0 bridgehead atoms. The third kappa shape index (κ3) is 5.31. The highest BCUT2D eigenvalue weighted by Crippen LogP contribution is 2.18. The van der Waals surface area contributed by atoms with Crippen LogP contribution >= 0.6 is 0 Å². The zero-order valence-corrected chi connectivity index (χ0v) is 14.3. The van der Waals surface area contributed by atoms with Crippen molar-refractivity contribution in [2.45, 2.75) is 26.9 Å². The van der Waals surface area contributed by atoms with E-state index in [9.17, 15) is 14.0 Å². The molecule has 0 saturated carbocycles. The third-order valence-electron chi connectivity index (χ3n) is 3.49.